The van der Waals surface area contributed by atoms with Crippen molar-refractivity contribution < 1.29 is 48.0 Å². The average molecular weight is 1190 g/mol. The first-order chi connectivity index (χ1) is 34.8. The number of fused-ring (bicyclic) bond motifs is 4. The Morgan fingerprint density at radius 3 is 1.45 bits per heavy atom. The van der Waals surface area contributed by atoms with Crippen LogP contribution in [0.25, 0.3) is 34.2 Å². The minimum atomic E-state index is -4.59. The monoisotopic (exact) mass is 1190 g/mol. The Kier molecular flexibility index (Phi) is 16.7. The number of aryl methyl sites for hydroxylation is 4. The van der Waals surface area contributed by atoms with E-state index < -0.39 is 47.6 Å². The van der Waals surface area contributed by atoms with Crippen LogP contribution in [-0.2, 0) is 57.0 Å². The van der Waals surface area contributed by atoms with E-state index in [0.29, 0.717) is 81.2 Å². The fourth-order valence-corrected chi connectivity index (χ4v) is 11.6. The topological polar surface area (TPSA) is 202 Å². The molecule has 2 aromatic heterocycles. The third kappa shape index (κ3) is 12.2. The summed E-state index contributed by atoms with van der Waals surface area (Å²) >= 11 is 38.7. The van der Waals surface area contributed by atoms with Crippen molar-refractivity contribution in [1.82, 2.24) is 9.13 Å². The van der Waals surface area contributed by atoms with Gasteiger partial charge in [-0.1, -0.05) is 93.9 Å². The highest BCUT2D eigenvalue weighted by Gasteiger charge is 2.32. The second kappa shape index (κ2) is 22.2. The lowest BCUT2D eigenvalue weighted by Gasteiger charge is -2.23. The van der Waals surface area contributed by atoms with Crippen molar-refractivity contribution in [3.05, 3.63) is 138 Å². The molecule has 394 valence electrons. The fourth-order valence-electron chi connectivity index (χ4n) is 9.38. The number of anilines is 4. The van der Waals surface area contributed by atoms with Crippen molar-refractivity contribution in [3.8, 4) is 0 Å². The largest absolute Gasteiger partial charge is 0.748 e. The maximum Gasteiger partial charge on any atom is 0.282 e. The Morgan fingerprint density at radius 2 is 0.946 bits per heavy atom. The first-order valence-electron chi connectivity index (χ1n) is 22.8. The van der Waals surface area contributed by atoms with Crippen LogP contribution in [0.1, 0.15) is 30.9 Å². The number of aromatic nitrogens is 4. The highest BCUT2D eigenvalue weighted by molar-refractivity contribution is 7.86. The fraction of sp³-hybridized carbons (Fsp3) is 0.292. The minimum Gasteiger partial charge on any atom is -0.748 e. The molecule has 0 saturated carbocycles. The highest BCUT2D eigenvalue weighted by Crippen LogP contribution is 2.46. The van der Waals surface area contributed by atoms with Crippen molar-refractivity contribution in [2.75, 3.05) is 64.0 Å². The normalized spacial score (nSPS) is 15.5. The number of halogens is 6. The maximum absolute atomic E-state index is 11.8. The van der Waals surface area contributed by atoms with Gasteiger partial charge in [0.1, 0.15) is 11.6 Å². The summed E-state index contributed by atoms with van der Waals surface area (Å²) < 4.78 is 114. The minimum absolute atomic E-state index is 0.0483. The molecule has 8 rings (SSSR count). The molecule has 0 unspecified atom stereocenters. The van der Waals surface area contributed by atoms with Gasteiger partial charge in [0.15, 0.2) is 22.1 Å². The number of benzene rings is 4. The smallest absolute Gasteiger partial charge is 0.282 e. The predicted octanol–water partition coefficient (Wildman–Crippen LogP) is 8.76. The van der Waals surface area contributed by atoms with Gasteiger partial charge in [-0.15, -0.1) is 0 Å². The summed E-state index contributed by atoms with van der Waals surface area (Å²) in [6.45, 7) is 0.899. The van der Waals surface area contributed by atoms with Crippen LogP contribution < -0.4 is 28.7 Å². The lowest BCUT2D eigenvalue weighted by Crippen LogP contribution is -2.37. The molecule has 74 heavy (non-hydrogen) atoms. The molecule has 2 aliphatic heterocycles. The third-order valence-electron chi connectivity index (χ3n) is 12.8. The van der Waals surface area contributed by atoms with E-state index in [1.165, 1.54) is 0 Å². The molecule has 0 aliphatic carbocycles. The van der Waals surface area contributed by atoms with Gasteiger partial charge >= 0.3 is 0 Å². The number of allylic oxidation sites excluding steroid dienone is 4. The maximum atomic E-state index is 11.8. The Morgan fingerprint density at radius 1 is 0.514 bits per heavy atom. The summed E-state index contributed by atoms with van der Waals surface area (Å²) in [5, 5.41) is 1.84. The molecule has 0 N–H and O–H groups in total. The number of rotatable bonds is 19. The van der Waals surface area contributed by atoms with Gasteiger partial charge in [0, 0.05) is 57.2 Å². The second-order valence-corrected chi connectivity index (χ2v) is 24.5. The van der Waals surface area contributed by atoms with Crippen LogP contribution in [0.5, 0.6) is 0 Å². The molecular weight excluding hydrogens is 1140 g/mol. The first-order valence-corrected chi connectivity index (χ1v) is 29.8. The van der Waals surface area contributed by atoms with Gasteiger partial charge < -0.3 is 33.3 Å². The second-order valence-electron chi connectivity index (χ2n) is 17.5. The van der Waals surface area contributed by atoms with Crippen molar-refractivity contribution in [1.29, 1.82) is 0 Å². The van der Waals surface area contributed by atoms with Crippen molar-refractivity contribution >= 4 is 157 Å². The average Bonchev–Trinajstić information content (AvgIpc) is 3.93. The number of para-hydroxylation sites is 2. The van der Waals surface area contributed by atoms with Crippen LogP contribution >= 0.6 is 69.6 Å². The Labute approximate surface area is 459 Å². The molecule has 0 radical (unpaired) electrons. The summed E-state index contributed by atoms with van der Waals surface area (Å²) in [5.41, 5.74) is 5.71. The Balaban J connectivity index is 1.12. The van der Waals surface area contributed by atoms with Crippen LogP contribution in [-0.4, -0.2) is 92.5 Å². The third-order valence-corrected chi connectivity index (χ3v) is 17.1. The van der Waals surface area contributed by atoms with E-state index in [9.17, 15) is 38.9 Å². The van der Waals surface area contributed by atoms with Crippen LogP contribution in [0.2, 0.25) is 30.1 Å². The molecule has 0 fully saturated rings. The lowest BCUT2D eigenvalue weighted by molar-refractivity contribution is -0.673. The molecule has 0 atom stereocenters. The molecule has 0 amide bonds. The Hall–Kier alpha value is -4.55. The molecule has 4 aromatic carbocycles. The summed E-state index contributed by atoms with van der Waals surface area (Å²) in [7, 11) is -8.20. The molecule has 2 aliphatic rings. The zero-order chi connectivity index (χ0) is 53.6. The molecule has 4 heterocycles. The number of imidazole rings is 2. The Bertz CT molecular complexity index is 3700. The zero-order valence-electron chi connectivity index (χ0n) is 39.8. The van der Waals surface area contributed by atoms with Crippen LogP contribution in [0.4, 0.5) is 22.7 Å². The first kappa shape index (κ1) is 55.7. The molecule has 26 heteroatoms. The number of nitrogens with zero attached hydrogens (tertiary/aromatic N) is 8. The van der Waals surface area contributed by atoms with Crippen LogP contribution in [0.3, 0.4) is 0 Å². The molecular formula is C48H47Cl6N8O9S3-. The highest BCUT2D eigenvalue weighted by atomic mass is 35.5. The SMILES string of the molecule is CN1C(=CC=Cc2n(CCCCn3c(C=CC=C4N(C)c5cc(Cl)c(Cl)cc5N4CCS(=O)(=O)[O-])[n+](CCCS(=O)(=O)[O-])c4ccccc43)c3cc(Cl)c(Cl)cc3[n+]2C)N(CCS(=O)(=O)[O-])c2cc(Cl)c(Cl)cc21. The number of hydrogen-bond acceptors (Lipinski definition) is 13. The molecule has 17 nitrogen and oxygen atoms in total. The van der Waals surface area contributed by atoms with E-state index >= 15 is 0 Å². The van der Waals surface area contributed by atoms with Crippen LogP contribution in [0, 0.1) is 0 Å². The molecule has 6 aromatic rings. The van der Waals surface area contributed by atoms with Gasteiger partial charge in [-0.3, -0.25) is 0 Å². The van der Waals surface area contributed by atoms with Gasteiger partial charge in [-0.05, 0) is 67.8 Å². The number of hydrogen-bond donors (Lipinski definition) is 0. The number of unbranched alkanes of at least 4 members (excludes halogenated alkanes) is 1. The lowest BCUT2D eigenvalue weighted by atomic mass is 10.2. The van der Waals surface area contributed by atoms with E-state index in [1.807, 2.05) is 63.6 Å². The molecule has 0 saturated heterocycles. The quantitative estimate of drug-likeness (QED) is 0.0424. The summed E-state index contributed by atoms with van der Waals surface area (Å²) in [6, 6.07) is 17.8. The summed E-state index contributed by atoms with van der Waals surface area (Å²) in [6.07, 6.45) is 12.2. The standard InChI is InChI=1S/C48H48Cl6N8O9S3/c1-55-39-25-31(49)34(52)28-42(39)60(45(55)13-8-14-46-56(2)40-26-32(50)35(53)29-43(40)61(46)20-23-73(66,67)68)18-7-6-17-58-37-11-4-5-12-38(37)59(19-10-22-72(63,64)65)48(58)16-9-15-47-57(3)41-27-33(51)36(54)30-44(41)62(47)21-24-74(69,70)71/h4-5,8-9,11-16,25-30H,6-7,10,17-24H2,1-3H3,(H-2,63,64,65,66,67,68,69,70,71)/p-1. The van der Waals surface area contributed by atoms with Gasteiger partial charge in [0.2, 0.25) is 0 Å². The van der Waals surface area contributed by atoms with E-state index in [0.717, 1.165) is 27.9 Å². The van der Waals surface area contributed by atoms with E-state index in [1.54, 1.807) is 83.4 Å². The predicted molar refractivity (Wildman–Crippen MR) is 291 cm³/mol. The molecule has 0 spiro atoms. The summed E-state index contributed by atoms with van der Waals surface area (Å²) in [5.74, 6) is 0.667. The van der Waals surface area contributed by atoms with E-state index in [-0.39, 0.29) is 41.1 Å². The van der Waals surface area contributed by atoms with E-state index in [2.05, 4.69) is 9.13 Å². The van der Waals surface area contributed by atoms with Gasteiger partial charge in [0.05, 0.1) is 121 Å². The van der Waals surface area contributed by atoms with Crippen LogP contribution in [0.15, 0.2) is 96.6 Å². The van der Waals surface area contributed by atoms with Gasteiger partial charge in [-0.25, -0.2) is 43.5 Å². The van der Waals surface area contributed by atoms with Crippen molar-refractivity contribution in [2.45, 2.75) is 38.9 Å². The molecule has 0 bridgehead atoms. The van der Waals surface area contributed by atoms with Crippen molar-refractivity contribution in [2.24, 2.45) is 7.05 Å². The zero-order valence-corrected chi connectivity index (χ0v) is 46.7. The van der Waals surface area contributed by atoms with Gasteiger partial charge in [0.25, 0.3) is 11.6 Å². The summed E-state index contributed by atoms with van der Waals surface area (Å²) in [4.78, 5) is 7.00. The van der Waals surface area contributed by atoms with Gasteiger partial charge in [-0.2, -0.15) is 0 Å². The van der Waals surface area contributed by atoms with Crippen molar-refractivity contribution in [3.63, 3.8) is 0 Å². The van der Waals surface area contributed by atoms with E-state index in [4.69, 9.17) is 69.6 Å².